The largest absolute Gasteiger partial charge is 0.374 e. The summed E-state index contributed by atoms with van der Waals surface area (Å²) in [6, 6.07) is 8.07. The fourth-order valence-electron chi connectivity index (χ4n) is 1.61. The lowest BCUT2D eigenvalue weighted by atomic mass is 10.1. The van der Waals surface area contributed by atoms with Gasteiger partial charge in [-0.3, -0.25) is 4.98 Å². The number of benzene rings is 1. The fourth-order valence-corrected chi connectivity index (χ4v) is 1.61. The van der Waals surface area contributed by atoms with Crippen LogP contribution in [0.2, 0.25) is 0 Å². The summed E-state index contributed by atoms with van der Waals surface area (Å²) in [7, 11) is 0. The minimum atomic E-state index is 0.535. The number of nitrogens with zero attached hydrogens (tertiary/aromatic N) is 1. The summed E-state index contributed by atoms with van der Waals surface area (Å²) in [6.45, 7) is 2.59. The van der Waals surface area contributed by atoms with Gasteiger partial charge in [-0.05, 0) is 30.7 Å². The average Bonchev–Trinajstić information content (AvgIpc) is 2.29. The standard InChI is InChI=1S/C13H12N2/c1-3-8-14-12-7-6-10(2)13-11(12)5-4-9-15-13/h1,4-7,9,14H,8H2,2H3. The predicted molar refractivity (Wildman–Crippen MR) is 63.8 cm³/mol. The molecule has 0 radical (unpaired) electrons. The van der Waals surface area contributed by atoms with E-state index in [2.05, 4.69) is 23.1 Å². The number of rotatable bonds is 2. The van der Waals surface area contributed by atoms with Crippen molar-refractivity contribution < 1.29 is 0 Å². The highest BCUT2D eigenvalue weighted by molar-refractivity contribution is 5.93. The topological polar surface area (TPSA) is 24.9 Å². The Morgan fingerprint density at radius 2 is 2.27 bits per heavy atom. The van der Waals surface area contributed by atoms with Gasteiger partial charge >= 0.3 is 0 Å². The quantitative estimate of drug-likeness (QED) is 0.747. The number of aromatic nitrogens is 1. The van der Waals surface area contributed by atoms with Gasteiger partial charge in [0.05, 0.1) is 12.1 Å². The molecular weight excluding hydrogens is 184 g/mol. The van der Waals surface area contributed by atoms with Gasteiger partial charge in [-0.2, -0.15) is 0 Å². The molecule has 0 unspecified atom stereocenters. The van der Waals surface area contributed by atoms with E-state index in [9.17, 15) is 0 Å². The molecule has 2 nitrogen and oxygen atoms in total. The first-order valence-electron chi connectivity index (χ1n) is 4.84. The molecule has 2 rings (SSSR count). The van der Waals surface area contributed by atoms with Gasteiger partial charge in [-0.1, -0.05) is 12.0 Å². The summed E-state index contributed by atoms with van der Waals surface area (Å²) < 4.78 is 0. The molecule has 2 aromatic rings. The van der Waals surface area contributed by atoms with Crippen LogP contribution in [0.25, 0.3) is 10.9 Å². The van der Waals surface area contributed by atoms with Crippen LogP contribution < -0.4 is 5.32 Å². The number of fused-ring (bicyclic) bond motifs is 1. The van der Waals surface area contributed by atoms with E-state index in [1.54, 1.807) is 6.20 Å². The molecule has 15 heavy (non-hydrogen) atoms. The van der Waals surface area contributed by atoms with Crippen molar-refractivity contribution in [3.8, 4) is 12.3 Å². The summed E-state index contributed by atoms with van der Waals surface area (Å²) in [5.74, 6) is 2.56. The molecule has 1 aromatic heterocycles. The van der Waals surface area contributed by atoms with E-state index in [4.69, 9.17) is 6.42 Å². The highest BCUT2D eigenvalue weighted by Gasteiger charge is 2.02. The third-order valence-electron chi connectivity index (χ3n) is 2.35. The first-order valence-corrected chi connectivity index (χ1v) is 4.84. The van der Waals surface area contributed by atoms with Crippen molar-refractivity contribution in [1.82, 2.24) is 4.98 Å². The van der Waals surface area contributed by atoms with Crippen molar-refractivity contribution in [2.75, 3.05) is 11.9 Å². The van der Waals surface area contributed by atoms with Crippen LogP contribution in [0.3, 0.4) is 0 Å². The number of nitrogens with one attached hydrogen (secondary N) is 1. The second-order valence-corrected chi connectivity index (χ2v) is 3.39. The monoisotopic (exact) mass is 196 g/mol. The fraction of sp³-hybridized carbons (Fsp3) is 0.154. The van der Waals surface area contributed by atoms with Gasteiger partial charge < -0.3 is 5.32 Å². The van der Waals surface area contributed by atoms with Gasteiger partial charge in [0.25, 0.3) is 0 Å². The van der Waals surface area contributed by atoms with Gasteiger partial charge in [-0.25, -0.2) is 0 Å². The Hall–Kier alpha value is -2.01. The van der Waals surface area contributed by atoms with E-state index in [-0.39, 0.29) is 0 Å². The molecule has 0 aliphatic carbocycles. The molecule has 0 spiro atoms. The van der Waals surface area contributed by atoms with Crippen molar-refractivity contribution in [1.29, 1.82) is 0 Å². The molecule has 0 fully saturated rings. The molecule has 0 saturated heterocycles. The zero-order valence-corrected chi connectivity index (χ0v) is 8.62. The van der Waals surface area contributed by atoms with Crippen molar-refractivity contribution in [3.63, 3.8) is 0 Å². The van der Waals surface area contributed by atoms with E-state index >= 15 is 0 Å². The molecule has 74 valence electrons. The molecule has 0 aliphatic rings. The third kappa shape index (κ3) is 1.77. The molecule has 0 atom stereocenters. The Kier molecular flexibility index (Phi) is 2.55. The Bertz CT molecular complexity index is 524. The van der Waals surface area contributed by atoms with Crippen LogP contribution in [-0.2, 0) is 0 Å². The summed E-state index contributed by atoms with van der Waals surface area (Å²) >= 11 is 0. The number of terminal acetylenes is 1. The van der Waals surface area contributed by atoms with Crippen molar-refractivity contribution in [2.45, 2.75) is 6.92 Å². The van der Waals surface area contributed by atoms with E-state index in [1.165, 1.54) is 5.56 Å². The number of anilines is 1. The van der Waals surface area contributed by atoms with Crippen LogP contribution in [0.5, 0.6) is 0 Å². The molecule has 1 heterocycles. The first kappa shape index (κ1) is 9.54. The summed E-state index contributed by atoms with van der Waals surface area (Å²) in [4.78, 5) is 4.36. The van der Waals surface area contributed by atoms with Crippen LogP contribution in [0.4, 0.5) is 5.69 Å². The summed E-state index contributed by atoms with van der Waals surface area (Å²) in [5, 5.41) is 4.31. The highest BCUT2D eigenvalue weighted by atomic mass is 14.9. The van der Waals surface area contributed by atoms with E-state index in [0.29, 0.717) is 6.54 Å². The second kappa shape index (κ2) is 4.02. The van der Waals surface area contributed by atoms with E-state index < -0.39 is 0 Å². The normalized spacial score (nSPS) is 9.87. The summed E-state index contributed by atoms with van der Waals surface area (Å²) in [6.07, 6.45) is 7.03. The van der Waals surface area contributed by atoms with Gasteiger partial charge in [-0.15, -0.1) is 6.42 Å². The Balaban J connectivity index is 2.57. The number of pyridine rings is 1. The molecule has 1 aromatic carbocycles. The van der Waals surface area contributed by atoms with Gasteiger partial charge in [0, 0.05) is 17.3 Å². The number of hydrogen-bond acceptors (Lipinski definition) is 2. The molecule has 0 aliphatic heterocycles. The Morgan fingerprint density at radius 1 is 1.40 bits per heavy atom. The van der Waals surface area contributed by atoms with Crippen LogP contribution in [0.15, 0.2) is 30.5 Å². The van der Waals surface area contributed by atoms with Gasteiger partial charge in [0.1, 0.15) is 0 Å². The zero-order chi connectivity index (χ0) is 10.7. The minimum absolute atomic E-state index is 0.535. The van der Waals surface area contributed by atoms with Gasteiger partial charge in [0.2, 0.25) is 0 Å². The SMILES string of the molecule is C#CCNc1ccc(C)c2ncccc12. The zero-order valence-electron chi connectivity index (χ0n) is 8.62. The highest BCUT2D eigenvalue weighted by Crippen LogP contribution is 2.23. The Labute approximate surface area is 89.3 Å². The first-order chi connectivity index (χ1) is 7.33. The van der Waals surface area contributed by atoms with Crippen LogP contribution in [0, 0.1) is 19.3 Å². The lowest BCUT2D eigenvalue weighted by Gasteiger charge is -2.08. The van der Waals surface area contributed by atoms with Crippen LogP contribution in [-0.4, -0.2) is 11.5 Å². The molecule has 1 N–H and O–H groups in total. The second-order valence-electron chi connectivity index (χ2n) is 3.39. The number of aryl methyl sites for hydroxylation is 1. The molecule has 2 heteroatoms. The number of hydrogen-bond donors (Lipinski definition) is 1. The van der Waals surface area contributed by atoms with Crippen LogP contribution >= 0.6 is 0 Å². The lowest BCUT2D eigenvalue weighted by Crippen LogP contribution is -1.99. The smallest absolute Gasteiger partial charge is 0.0763 e. The van der Waals surface area contributed by atoms with Crippen LogP contribution in [0.1, 0.15) is 5.56 Å². The van der Waals surface area contributed by atoms with Crippen molar-refractivity contribution in [3.05, 3.63) is 36.0 Å². The summed E-state index contributed by atoms with van der Waals surface area (Å²) in [5.41, 5.74) is 3.25. The molecule has 0 bridgehead atoms. The van der Waals surface area contributed by atoms with E-state index in [0.717, 1.165) is 16.6 Å². The predicted octanol–water partition coefficient (Wildman–Crippen LogP) is 2.59. The lowest BCUT2D eigenvalue weighted by molar-refractivity contribution is 1.34. The Morgan fingerprint density at radius 3 is 3.07 bits per heavy atom. The third-order valence-corrected chi connectivity index (χ3v) is 2.35. The maximum Gasteiger partial charge on any atom is 0.0763 e. The van der Waals surface area contributed by atoms with Gasteiger partial charge in [0.15, 0.2) is 0 Å². The van der Waals surface area contributed by atoms with Crippen molar-refractivity contribution >= 4 is 16.6 Å². The molecule has 0 amide bonds. The maximum atomic E-state index is 5.22. The minimum Gasteiger partial charge on any atom is -0.374 e. The molecule has 0 saturated carbocycles. The molecular formula is C13H12N2. The average molecular weight is 196 g/mol. The van der Waals surface area contributed by atoms with Crippen molar-refractivity contribution in [2.24, 2.45) is 0 Å². The van der Waals surface area contributed by atoms with E-state index in [1.807, 2.05) is 24.3 Å². The maximum absolute atomic E-state index is 5.22.